The molecule has 0 heterocycles. The number of hydrogen-bond acceptors (Lipinski definition) is 7. The summed E-state index contributed by atoms with van der Waals surface area (Å²) in [5, 5.41) is 11.7. The van der Waals surface area contributed by atoms with Crippen molar-refractivity contribution in [3.05, 3.63) is 64.2 Å². The third-order valence-corrected chi connectivity index (χ3v) is 5.86. The van der Waals surface area contributed by atoms with E-state index >= 15 is 0 Å². The number of esters is 1. The van der Waals surface area contributed by atoms with Crippen LogP contribution in [0, 0.1) is 10.1 Å². The van der Waals surface area contributed by atoms with Crippen molar-refractivity contribution in [3.63, 3.8) is 0 Å². The average molecular weight is 392 g/mol. The fourth-order valence-corrected chi connectivity index (χ4v) is 3.42. The maximum absolute atomic E-state index is 12.5. The highest BCUT2D eigenvalue weighted by Crippen LogP contribution is 2.21. The highest BCUT2D eigenvalue weighted by atomic mass is 32.2. The summed E-state index contributed by atoms with van der Waals surface area (Å²) in [6.07, 6.45) is 0. The van der Waals surface area contributed by atoms with Gasteiger partial charge < -0.3 is 10.1 Å². The Morgan fingerprint density at radius 1 is 1.07 bits per heavy atom. The molecule has 0 aliphatic heterocycles. The zero-order valence-electron chi connectivity index (χ0n) is 14.4. The minimum atomic E-state index is -4.04. The summed E-state index contributed by atoms with van der Waals surface area (Å²) in [5.74, 6) is -1.32. The largest absolute Gasteiger partial charge is 0.465 e. The summed E-state index contributed by atoms with van der Waals surface area (Å²) in [6.45, 7) is 1.22. The molecule has 0 fully saturated rings. The van der Waals surface area contributed by atoms with Gasteiger partial charge in [0.2, 0.25) is 5.91 Å². The van der Waals surface area contributed by atoms with Gasteiger partial charge in [-0.1, -0.05) is 0 Å². The maximum Gasteiger partial charge on any atom is 0.337 e. The van der Waals surface area contributed by atoms with Crippen LogP contribution in [0.25, 0.3) is 0 Å². The number of nitrogens with zero attached hydrogens (tertiary/aromatic N) is 1. The molecule has 1 N–H and O–H groups in total. The Morgan fingerprint density at radius 2 is 1.63 bits per heavy atom. The van der Waals surface area contributed by atoms with Crippen molar-refractivity contribution in [3.8, 4) is 0 Å². The first-order chi connectivity index (χ1) is 12.7. The maximum atomic E-state index is 12.5. The minimum Gasteiger partial charge on any atom is -0.465 e. The number of nitro groups is 1. The lowest BCUT2D eigenvalue weighted by atomic mass is 10.2. The third-order valence-electron chi connectivity index (χ3n) is 3.78. The Kier molecular flexibility index (Phi) is 5.91. The summed E-state index contributed by atoms with van der Waals surface area (Å²) in [4.78, 5) is 33.5. The van der Waals surface area contributed by atoms with Gasteiger partial charge in [0.1, 0.15) is 5.25 Å². The molecule has 2 aromatic rings. The Bertz CT molecular complexity index is 967. The zero-order valence-corrected chi connectivity index (χ0v) is 15.2. The lowest BCUT2D eigenvalue weighted by molar-refractivity contribution is -0.384. The van der Waals surface area contributed by atoms with Gasteiger partial charge in [0.25, 0.3) is 5.69 Å². The van der Waals surface area contributed by atoms with Crippen LogP contribution in [0.5, 0.6) is 0 Å². The fourth-order valence-electron chi connectivity index (χ4n) is 2.15. The third kappa shape index (κ3) is 4.47. The highest BCUT2D eigenvalue weighted by Gasteiger charge is 2.30. The molecular formula is C17H16N2O7S. The first kappa shape index (κ1) is 20.0. The second kappa shape index (κ2) is 7.96. The van der Waals surface area contributed by atoms with E-state index in [2.05, 4.69) is 10.1 Å². The van der Waals surface area contributed by atoms with Crippen molar-refractivity contribution in [2.24, 2.45) is 0 Å². The van der Waals surface area contributed by atoms with Crippen molar-refractivity contribution in [2.75, 3.05) is 12.4 Å². The van der Waals surface area contributed by atoms with Gasteiger partial charge in [-0.2, -0.15) is 0 Å². The molecule has 27 heavy (non-hydrogen) atoms. The van der Waals surface area contributed by atoms with Gasteiger partial charge >= 0.3 is 5.97 Å². The van der Waals surface area contributed by atoms with Crippen molar-refractivity contribution >= 4 is 33.1 Å². The van der Waals surface area contributed by atoms with E-state index in [-0.39, 0.29) is 16.1 Å². The number of nitrogens with one attached hydrogen (secondary N) is 1. The summed E-state index contributed by atoms with van der Waals surface area (Å²) in [6, 6.07) is 10.0. The molecule has 0 aromatic heterocycles. The molecular weight excluding hydrogens is 376 g/mol. The summed E-state index contributed by atoms with van der Waals surface area (Å²) < 4.78 is 29.6. The molecule has 0 spiro atoms. The zero-order chi connectivity index (χ0) is 20.2. The number of nitro benzene ring substituents is 1. The topological polar surface area (TPSA) is 133 Å². The van der Waals surface area contributed by atoms with E-state index in [1.165, 1.54) is 38.3 Å². The summed E-state index contributed by atoms with van der Waals surface area (Å²) >= 11 is 0. The van der Waals surface area contributed by atoms with E-state index in [1.54, 1.807) is 0 Å². The van der Waals surface area contributed by atoms with E-state index in [9.17, 15) is 28.1 Å². The average Bonchev–Trinajstić information content (AvgIpc) is 2.67. The van der Waals surface area contributed by atoms with Crippen LogP contribution in [-0.2, 0) is 19.4 Å². The van der Waals surface area contributed by atoms with Crippen LogP contribution < -0.4 is 5.32 Å². The second-order valence-electron chi connectivity index (χ2n) is 5.50. The van der Waals surface area contributed by atoms with Crippen LogP contribution in [-0.4, -0.2) is 37.6 Å². The number of non-ortho nitro benzene ring substituents is 1. The summed E-state index contributed by atoms with van der Waals surface area (Å²) in [5.41, 5.74) is 0.331. The van der Waals surface area contributed by atoms with Crippen molar-refractivity contribution in [2.45, 2.75) is 17.1 Å². The fraction of sp³-hybridized carbons (Fsp3) is 0.176. The standard InChI is InChI=1S/C17H16N2O7S/c1-11(27(24,25)15-9-7-14(8-10-15)19(22)23)16(20)18-13-5-3-12(4-6-13)17(21)26-2/h3-11H,1-2H3,(H,18,20)/t11-/m0/s1. The Morgan fingerprint density at radius 3 is 2.11 bits per heavy atom. The first-order valence-electron chi connectivity index (χ1n) is 7.64. The molecule has 0 unspecified atom stereocenters. The van der Waals surface area contributed by atoms with Crippen LogP contribution >= 0.6 is 0 Å². The summed E-state index contributed by atoms with van der Waals surface area (Å²) in [7, 11) is -2.80. The highest BCUT2D eigenvalue weighted by molar-refractivity contribution is 7.92. The van der Waals surface area contributed by atoms with Gasteiger partial charge in [0.05, 0.1) is 22.5 Å². The van der Waals surface area contributed by atoms with Gasteiger partial charge in [-0.25, -0.2) is 13.2 Å². The molecule has 10 heteroatoms. The molecule has 2 aromatic carbocycles. The number of amides is 1. The van der Waals surface area contributed by atoms with Crippen molar-refractivity contribution in [1.82, 2.24) is 0 Å². The lowest BCUT2D eigenvalue weighted by Gasteiger charge is -2.13. The predicted molar refractivity (Wildman–Crippen MR) is 96.2 cm³/mol. The quantitative estimate of drug-likeness (QED) is 0.452. The molecule has 1 amide bonds. The van der Waals surface area contributed by atoms with E-state index in [0.717, 1.165) is 24.3 Å². The number of methoxy groups -OCH3 is 1. The number of carbonyl (C=O) groups is 2. The van der Waals surface area contributed by atoms with E-state index in [4.69, 9.17) is 0 Å². The molecule has 142 valence electrons. The van der Waals surface area contributed by atoms with Crippen LogP contribution in [0.2, 0.25) is 0 Å². The smallest absolute Gasteiger partial charge is 0.337 e. The number of anilines is 1. The molecule has 9 nitrogen and oxygen atoms in total. The molecule has 0 radical (unpaired) electrons. The van der Waals surface area contributed by atoms with Gasteiger partial charge in [-0.3, -0.25) is 14.9 Å². The van der Waals surface area contributed by atoms with Crippen LogP contribution in [0.15, 0.2) is 53.4 Å². The second-order valence-corrected chi connectivity index (χ2v) is 7.76. The normalized spacial score (nSPS) is 12.1. The predicted octanol–water partition coefficient (Wildman–Crippen LogP) is 2.18. The number of rotatable bonds is 6. The monoisotopic (exact) mass is 392 g/mol. The molecule has 0 saturated heterocycles. The van der Waals surface area contributed by atoms with Crippen LogP contribution in [0.4, 0.5) is 11.4 Å². The molecule has 2 rings (SSSR count). The first-order valence-corrected chi connectivity index (χ1v) is 9.19. The number of sulfone groups is 1. The molecule has 0 aliphatic carbocycles. The molecule has 1 atom stereocenters. The van der Waals surface area contributed by atoms with Gasteiger partial charge in [0, 0.05) is 17.8 Å². The molecule has 0 saturated carbocycles. The van der Waals surface area contributed by atoms with E-state index in [0.29, 0.717) is 5.69 Å². The van der Waals surface area contributed by atoms with E-state index in [1.807, 2.05) is 0 Å². The molecule has 0 aliphatic rings. The van der Waals surface area contributed by atoms with Crippen LogP contribution in [0.3, 0.4) is 0 Å². The van der Waals surface area contributed by atoms with Crippen molar-refractivity contribution in [1.29, 1.82) is 0 Å². The molecule has 0 bridgehead atoms. The Hall–Kier alpha value is -3.27. The SMILES string of the molecule is COC(=O)c1ccc(NC(=O)[C@H](C)S(=O)(=O)c2ccc([N+](=O)[O-])cc2)cc1. The van der Waals surface area contributed by atoms with Gasteiger partial charge in [-0.05, 0) is 43.3 Å². The van der Waals surface area contributed by atoms with Gasteiger partial charge in [0.15, 0.2) is 9.84 Å². The number of benzene rings is 2. The van der Waals surface area contributed by atoms with Crippen molar-refractivity contribution < 1.29 is 27.7 Å². The van der Waals surface area contributed by atoms with E-state index < -0.39 is 31.9 Å². The Balaban J connectivity index is 2.15. The Labute approximate surface area is 155 Å². The van der Waals surface area contributed by atoms with Crippen LogP contribution in [0.1, 0.15) is 17.3 Å². The minimum absolute atomic E-state index is 0.197. The number of ether oxygens (including phenoxy) is 1. The number of carbonyl (C=O) groups excluding carboxylic acids is 2. The van der Waals surface area contributed by atoms with Gasteiger partial charge in [-0.15, -0.1) is 0 Å². The number of hydrogen-bond donors (Lipinski definition) is 1. The lowest BCUT2D eigenvalue weighted by Crippen LogP contribution is -2.32.